The standard InChI is InChI=1S/C28H38O7/c1-14-11-22(34-24(32)16(14)13-29)27(4,33)19-6-5-17-15-12-23-28(35-23)21(31)8-7-20(30)26(28,3)18(15)9-10-25(17,19)2/h7-8,15,17-19,21-23,29,31,33H,5-6,9-13H2,1-4H3/t15?,17?,18?,19?,21?,22?,23-,25+,26+,27-,28?/m1/s1. The molecule has 0 radical (unpaired) electrons. The first-order valence-electron chi connectivity index (χ1n) is 13.2. The maximum atomic E-state index is 13.3. The molecule has 3 N–H and O–H groups in total. The van der Waals surface area contributed by atoms with Crippen LogP contribution < -0.4 is 0 Å². The van der Waals surface area contributed by atoms with Crippen LogP contribution in [0.3, 0.4) is 0 Å². The van der Waals surface area contributed by atoms with Gasteiger partial charge in [-0.2, -0.15) is 0 Å². The first kappa shape index (κ1) is 23.8. The Morgan fingerprint density at radius 3 is 2.60 bits per heavy atom. The van der Waals surface area contributed by atoms with Crippen LogP contribution in [0, 0.1) is 34.5 Å². The van der Waals surface area contributed by atoms with Gasteiger partial charge in [-0.25, -0.2) is 4.79 Å². The summed E-state index contributed by atoms with van der Waals surface area (Å²) >= 11 is 0. The van der Waals surface area contributed by atoms with Crippen molar-refractivity contribution in [2.45, 2.75) is 95.7 Å². The van der Waals surface area contributed by atoms with E-state index in [2.05, 4.69) is 6.92 Å². The number of rotatable bonds is 3. The Kier molecular flexibility index (Phi) is 4.95. The summed E-state index contributed by atoms with van der Waals surface area (Å²) in [6.07, 6.45) is 6.44. The van der Waals surface area contributed by atoms with Crippen molar-refractivity contribution in [2.75, 3.05) is 6.61 Å². The Labute approximate surface area is 206 Å². The summed E-state index contributed by atoms with van der Waals surface area (Å²) in [6, 6.07) is 0. The molecule has 192 valence electrons. The number of hydrogen-bond donors (Lipinski definition) is 3. The molecule has 3 saturated carbocycles. The molecule has 2 aliphatic heterocycles. The smallest absolute Gasteiger partial charge is 0.336 e. The average molecular weight is 487 g/mol. The maximum absolute atomic E-state index is 13.3. The van der Waals surface area contributed by atoms with E-state index in [0.717, 1.165) is 37.7 Å². The van der Waals surface area contributed by atoms with E-state index in [1.165, 1.54) is 0 Å². The second-order valence-corrected chi connectivity index (χ2v) is 12.8. The zero-order valence-electron chi connectivity index (χ0n) is 21.1. The van der Waals surface area contributed by atoms with Crippen molar-refractivity contribution in [3.8, 4) is 0 Å². The molecule has 0 amide bonds. The number of carbonyl (C=O) groups excluding carboxylic acids is 2. The number of cyclic esters (lactones) is 1. The van der Waals surface area contributed by atoms with Crippen molar-refractivity contribution in [3.05, 3.63) is 23.3 Å². The lowest BCUT2D eigenvalue weighted by atomic mass is 9.44. The van der Waals surface area contributed by atoms with Crippen LogP contribution in [0.15, 0.2) is 23.3 Å². The van der Waals surface area contributed by atoms with Crippen LogP contribution in [0.25, 0.3) is 0 Å². The SMILES string of the molecule is CC1=C(CO)C(=O)OC([C@](C)(O)C2CCC3C4C[C@H]5OC56C(O)C=CC(=O)[C@]6(C)C4CC[C@@]32C)C1. The summed E-state index contributed by atoms with van der Waals surface area (Å²) in [5.41, 5.74) is -1.78. The second kappa shape index (κ2) is 7.27. The van der Waals surface area contributed by atoms with Crippen LogP contribution in [0.4, 0.5) is 0 Å². The summed E-state index contributed by atoms with van der Waals surface area (Å²) in [6.45, 7) is 7.59. The highest BCUT2D eigenvalue weighted by atomic mass is 16.6. The highest BCUT2D eigenvalue weighted by Crippen LogP contribution is 2.73. The van der Waals surface area contributed by atoms with Gasteiger partial charge in [0, 0.05) is 6.42 Å². The van der Waals surface area contributed by atoms with E-state index >= 15 is 0 Å². The third-order valence-corrected chi connectivity index (χ3v) is 11.6. The molecule has 0 aromatic rings. The largest absolute Gasteiger partial charge is 0.456 e. The van der Waals surface area contributed by atoms with Gasteiger partial charge in [0.1, 0.15) is 23.4 Å². The summed E-state index contributed by atoms with van der Waals surface area (Å²) < 4.78 is 11.9. The van der Waals surface area contributed by atoms with Gasteiger partial charge in [0.05, 0.1) is 23.7 Å². The third-order valence-electron chi connectivity index (χ3n) is 11.6. The van der Waals surface area contributed by atoms with Gasteiger partial charge in [-0.1, -0.05) is 12.5 Å². The molecular weight excluding hydrogens is 448 g/mol. The molecule has 7 nitrogen and oxygen atoms in total. The van der Waals surface area contributed by atoms with Gasteiger partial charge in [0.15, 0.2) is 5.78 Å². The molecule has 0 aromatic carbocycles. The number of aliphatic hydroxyl groups excluding tert-OH is 2. The molecule has 2 heterocycles. The van der Waals surface area contributed by atoms with Gasteiger partial charge in [-0.15, -0.1) is 0 Å². The van der Waals surface area contributed by atoms with Crippen molar-refractivity contribution in [3.63, 3.8) is 0 Å². The van der Waals surface area contributed by atoms with Crippen molar-refractivity contribution in [2.24, 2.45) is 34.5 Å². The lowest BCUT2D eigenvalue weighted by molar-refractivity contribution is -0.185. The second-order valence-electron chi connectivity index (χ2n) is 12.8. The van der Waals surface area contributed by atoms with Crippen molar-refractivity contribution in [1.82, 2.24) is 0 Å². The van der Waals surface area contributed by atoms with Crippen LogP contribution in [-0.2, 0) is 19.1 Å². The summed E-state index contributed by atoms with van der Waals surface area (Å²) in [7, 11) is 0. The fourth-order valence-corrected chi connectivity index (χ4v) is 9.72. The molecule has 0 aromatic heterocycles. The molecule has 1 spiro atoms. The number of allylic oxidation sites excluding steroid dienone is 1. The van der Waals surface area contributed by atoms with Crippen molar-refractivity contribution in [1.29, 1.82) is 0 Å². The van der Waals surface area contributed by atoms with Crippen LogP contribution in [-0.4, -0.2) is 63.2 Å². The first-order valence-corrected chi connectivity index (χ1v) is 13.2. The van der Waals surface area contributed by atoms with Gasteiger partial charge in [-0.3, -0.25) is 4.79 Å². The Hall–Kier alpha value is -1.54. The minimum absolute atomic E-state index is 0.0469. The first-order chi connectivity index (χ1) is 16.4. The zero-order valence-corrected chi connectivity index (χ0v) is 21.1. The number of hydrogen-bond acceptors (Lipinski definition) is 7. The average Bonchev–Trinajstić information content (AvgIpc) is 3.42. The van der Waals surface area contributed by atoms with Gasteiger partial charge < -0.3 is 24.8 Å². The predicted molar refractivity (Wildman–Crippen MR) is 126 cm³/mol. The highest BCUT2D eigenvalue weighted by molar-refractivity contribution is 5.98. The molecule has 1 saturated heterocycles. The number of fused-ring (bicyclic) bond motifs is 4. The van der Waals surface area contributed by atoms with E-state index in [1.54, 1.807) is 12.2 Å². The summed E-state index contributed by atoms with van der Waals surface area (Å²) in [5, 5.41) is 32.3. The van der Waals surface area contributed by atoms with Gasteiger partial charge in [-0.05, 0) is 94.1 Å². The lowest BCUT2D eigenvalue weighted by Gasteiger charge is -2.59. The Morgan fingerprint density at radius 2 is 1.91 bits per heavy atom. The molecule has 35 heavy (non-hydrogen) atoms. The van der Waals surface area contributed by atoms with Crippen LogP contribution in [0.1, 0.15) is 66.2 Å². The fraction of sp³-hybridized carbons (Fsp3) is 0.786. The number of ketones is 1. The van der Waals surface area contributed by atoms with Gasteiger partial charge >= 0.3 is 5.97 Å². The number of aliphatic hydroxyl groups is 3. The molecular formula is C28H38O7. The molecule has 11 atom stereocenters. The quantitative estimate of drug-likeness (QED) is 0.414. The van der Waals surface area contributed by atoms with E-state index in [0.29, 0.717) is 23.8 Å². The Bertz CT molecular complexity index is 1040. The van der Waals surface area contributed by atoms with E-state index in [1.807, 2.05) is 20.8 Å². The summed E-state index contributed by atoms with van der Waals surface area (Å²) in [4.78, 5) is 25.8. The Balaban J connectivity index is 1.30. The van der Waals surface area contributed by atoms with E-state index in [-0.39, 0.29) is 35.7 Å². The highest BCUT2D eigenvalue weighted by Gasteiger charge is 2.80. The van der Waals surface area contributed by atoms with Crippen LogP contribution in [0.5, 0.6) is 0 Å². The van der Waals surface area contributed by atoms with Gasteiger partial charge in [0.25, 0.3) is 0 Å². The lowest BCUT2D eigenvalue weighted by Crippen LogP contribution is -2.64. The predicted octanol–water partition coefficient (Wildman–Crippen LogP) is 2.47. The number of ether oxygens (including phenoxy) is 2. The maximum Gasteiger partial charge on any atom is 0.336 e. The number of esters is 1. The van der Waals surface area contributed by atoms with Crippen molar-refractivity contribution >= 4 is 11.8 Å². The molecule has 6 aliphatic rings. The fourth-order valence-electron chi connectivity index (χ4n) is 9.72. The molecule has 4 fully saturated rings. The third kappa shape index (κ3) is 2.76. The molecule has 7 heteroatoms. The van der Waals surface area contributed by atoms with E-state index in [4.69, 9.17) is 9.47 Å². The van der Waals surface area contributed by atoms with E-state index in [9.17, 15) is 24.9 Å². The topological polar surface area (TPSA) is 117 Å². The molecule has 6 rings (SSSR count). The minimum atomic E-state index is -1.20. The Morgan fingerprint density at radius 1 is 1.17 bits per heavy atom. The monoisotopic (exact) mass is 486 g/mol. The van der Waals surface area contributed by atoms with Gasteiger partial charge in [0.2, 0.25) is 0 Å². The summed E-state index contributed by atoms with van der Waals surface area (Å²) in [5.74, 6) is 0.251. The van der Waals surface area contributed by atoms with E-state index < -0.39 is 34.8 Å². The number of epoxide rings is 1. The molecule has 4 aliphatic carbocycles. The minimum Gasteiger partial charge on any atom is -0.456 e. The normalized spacial score (nSPS) is 52.1. The zero-order chi connectivity index (χ0) is 25.1. The van der Waals surface area contributed by atoms with Crippen LogP contribution in [0.2, 0.25) is 0 Å². The number of carbonyl (C=O) groups is 2. The molecule has 7 unspecified atom stereocenters. The molecule has 0 bridgehead atoms. The van der Waals surface area contributed by atoms with Crippen molar-refractivity contribution < 1.29 is 34.4 Å². The van der Waals surface area contributed by atoms with Crippen LogP contribution >= 0.6 is 0 Å².